The molecule has 2 saturated heterocycles. The normalized spacial score (nSPS) is 30.8. The number of piperidine rings is 1. The van der Waals surface area contributed by atoms with Crippen LogP contribution in [0.25, 0.3) is 0 Å². The van der Waals surface area contributed by atoms with Crippen LogP contribution in [0.3, 0.4) is 0 Å². The molecule has 2 aliphatic heterocycles. The molecule has 1 aromatic heterocycles. The minimum atomic E-state index is -0.116. The zero-order valence-corrected chi connectivity index (χ0v) is 12.7. The quantitative estimate of drug-likeness (QED) is 0.732. The Morgan fingerprint density at radius 1 is 1.32 bits per heavy atom. The minimum Gasteiger partial charge on any atom is -0.334 e. The molecule has 1 amide bonds. The minimum absolute atomic E-state index is 0.116. The number of fused-ring (bicyclic) bond motifs is 1. The zero-order valence-electron chi connectivity index (χ0n) is 12.7. The van der Waals surface area contributed by atoms with Crippen LogP contribution < -0.4 is 16.2 Å². The van der Waals surface area contributed by atoms with Crippen molar-refractivity contribution in [2.75, 3.05) is 13.1 Å². The molecule has 1 aliphatic carbocycles. The SMILES string of the molecule is O=C(C1NNC2CCNCC21)N(Cc1cccnc1)C1CC1. The van der Waals surface area contributed by atoms with Gasteiger partial charge in [-0.1, -0.05) is 6.07 Å². The third kappa shape index (κ3) is 2.74. The summed E-state index contributed by atoms with van der Waals surface area (Å²) in [6.07, 6.45) is 6.95. The molecule has 6 nitrogen and oxygen atoms in total. The highest BCUT2D eigenvalue weighted by Gasteiger charge is 2.45. The largest absolute Gasteiger partial charge is 0.334 e. The topological polar surface area (TPSA) is 69.3 Å². The van der Waals surface area contributed by atoms with E-state index in [-0.39, 0.29) is 11.9 Å². The Hall–Kier alpha value is -1.50. The van der Waals surface area contributed by atoms with Crippen molar-refractivity contribution in [3.05, 3.63) is 30.1 Å². The average molecular weight is 301 g/mol. The predicted octanol–water partition coefficient (Wildman–Crippen LogP) is 0.0271. The van der Waals surface area contributed by atoms with Crippen LogP contribution in [0, 0.1) is 5.92 Å². The predicted molar refractivity (Wildman–Crippen MR) is 82.6 cm³/mol. The zero-order chi connectivity index (χ0) is 14.9. The molecule has 0 spiro atoms. The maximum absolute atomic E-state index is 13.1. The Kier molecular flexibility index (Phi) is 3.82. The summed E-state index contributed by atoms with van der Waals surface area (Å²) in [6.45, 7) is 2.60. The second kappa shape index (κ2) is 5.95. The van der Waals surface area contributed by atoms with E-state index in [1.807, 2.05) is 23.2 Å². The smallest absolute Gasteiger partial charge is 0.242 e. The van der Waals surface area contributed by atoms with E-state index < -0.39 is 0 Å². The molecule has 3 unspecified atom stereocenters. The van der Waals surface area contributed by atoms with E-state index >= 15 is 0 Å². The van der Waals surface area contributed by atoms with E-state index in [2.05, 4.69) is 21.2 Å². The van der Waals surface area contributed by atoms with Gasteiger partial charge in [-0.25, -0.2) is 5.43 Å². The highest BCUT2D eigenvalue weighted by molar-refractivity contribution is 5.83. The van der Waals surface area contributed by atoms with Crippen LogP contribution in [0.5, 0.6) is 0 Å². The summed E-state index contributed by atoms with van der Waals surface area (Å²) in [5.41, 5.74) is 7.67. The van der Waals surface area contributed by atoms with Gasteiger partial charge in [0, 0.05) is 43.5 Å². The van der Waals surface area contributed by atoms with Crippen molar-refractivity contribution >= 4 is 5.91 Å². The first-order chi connectivity index (χ1) is 10.8. The molecular weight excluding hydrogens is 278 g/mol. The summed E-state index contributed by atoms with van der Waals surface area (Å²) in [4.78, 5) is 19.3. The third-order valence-corrected chi connectivity index (χ3v) is 4.99. The lowest BCUT2D eigenvalue weighted by Crippen LogP contribution is -2.51. The van der Waals surface area contributed by atoms with E-state index in [1.165, 1.54) is 0 Å². The van der Waals surface area contributed by atoms with Crippen LogP contribution in [0.2, 0.25) is 0 Å². The fraction of sp³-hybridized carbons (Fsp3) is 0.625. The number of carbonyl (C=O) groups excluding carboxylic acids is 1. The van der Waals surface area contributed by atoms with Crippen molar-refractivity contribution in [2.45, 2.75) is 43.9 Å². The van der Waals surface area contributed by atoms with Gasteiger partial charge in [0.2, 0.25) is 5.91 Å². The van der Waals surface area contributed by atoms with Crippen LogP contribution >= 0.6 is 0 Å². The molecule has 1 saturated carbocycles. The monoisotopic (exact) mass is 301 g/mol. The van der Waals surface area contributed by atoms with Crippen molar-refractivity contribution < 1.29 is 4.79 Å². The van der Waals surface area contributed by atoms with Gasteiger partial charge in [-0.3, -0.25) is 15.2 Å². The number of amides is 1. The molecule has 22 heavy (non-hydrogen) atoms. The molecule has 3 heterocycles. The molecule has 3 aliphatic rings. The van der Waals surface area contributed by atoms with Gasteiger partial charge in [-0.05, 0) is 37.4 Å². The summed E-state index contributed by atoms with van der Waals surface area (Å²) in [7, 11) is 0. The molecule has 3 fully saturated rings. The number of hydrazine groups is 1. The standard InChI is InChI=1S/C16H23N5O/c22-16(15-13-9-18-7-5-14(13)19-20-15)21(12-3-4-12)10-11-2-1-6-17-8-11/h1-2,6,8,12-15,18-20H,3-5,7,9-10H2. The second-order valence-electron chi connectivity index (χ2n) is 6.59. The van der Waals surface area contributed by atoms with Gasteiger partial charge in [0.1, 0.15) is 6.04 Å². The first kappa shape index (κ1) is 14.1. The second-order valence-corrected chi connectivity index (χ2v) is 6.59. The lowest BCUT2D eigenvalue weighted by molar-refractivity contribution is -0.135. The van der Waals surface area contributed by atoms with Gasteiger partial charge < -0.3 is 10.2 Å². The van der Waals surface area contributed by atoms with Gasteiger partial charge in [0.25, 0.3) is 0 Å². The summed E-state index contributed by atoms with van der Waals surface area (Å²) in [6, 6.07) is 4.68. The van der Waals surface area contributed by atoms with Crippen molar-refractivity contribution in [1.29, 1.82) is 0 Å². The summed E-state index contributed by atoms with van der Waals surface area (Å²) in [5, 5.41) is 3.41. The Morgan fingerprint density at radius 2 is 2.23 bits per heavy atom. The number of carbonyl (C=O) groups is 1. The maximum Gasteiger partial charge on any atom is 0.242 e. The maximum atomic E-state index is 13.1. The van der Waals surface area contributed by atoms with Crippen molar-refractivity contribution in [3.63, 3.8) is 0 Å². The van der Waals surface area contributed by atoms with Crippen molar-refractivity contribution in [2.24, 2.45) is 5.92 Å². The molecule has 0 bridgehead atoms. The Bertz CT molecular complexity index is 533. The highest BCUT2D eigenvalue weighted by Crippen LogP contribution is 2.31. The van der Waals surface area contributed by atoms with Crippen LogP contribution in [0.4, 0.5) is 0 Å². The molecule has 3 N–H and O–H groups in total. The van der Waals surface area contributed by atoms with Crippen LogP contribution in [-0.4, -0.2) is 47.0 Å². The Labute approximate surface area is 130 Å². The van der Waals surface area contributed by atoms with E-state index in [0.717, 1.165) is 37.9 Å². The molecule has 0 radical (unpaired) electrons. The van der Waals surface area contributed by atoms with Gasteiger partial charge in [0.15, 0.2) is 0 Å². The van der Waals surface area contributed by atoms with Crippen LogP contribution in [0.1, 0.15) is 24.8 Å². The highest BCUT2D eigenvalue weighted by atomic mass is 16.2. The van der Waals surface area contributed by atoms with E-state index in [9.17, 15) is 4.79 Å². The third-order valence-electron chi connectivity index (χ3n) is 4.99. The summed E-state index contributed by atoms with van der Waals surface area (Å²) >= 11 is 0. The van der Waals surface area contributed by atoms with E-state index in [1.54, 1.807) is 6.20 Å². The van der Waals surface area contributed by atoms with Crippen molar-refractivity contribution in [3.8, 4) is 0 Å². The fourth-order valence-corrected chi connectivity index (χ4v) is 3.60. The summed E-state index contributed by atoms with van der Waals surface area (Å²) in [5.74, 6) is 0.575. The molecule has 3 atom stereocenters. The lowest BCUT2D eigenvalue weighted by Gasteiger charge is -2.31. The number of pyridine rings is 1. The van der Waals surface area contributed by atoms with Gasteiger partial charge >= 0.3 is 0 Å². The summed E-state index contributed by atoms with van der Waals surface area (Å²) < 4.78 is 0. The molecule has 4 rings (SSSR count). The first-order valence-corrected chi connectivity index (χ1v) is 8.24. The van der Waals surface area contributed by atoms with E-state index in [4.69, 9.17) is 0 Å². The van der Waals surface area contributed by atoms with Gasteiger partial charge in [-0.15, -0.1) is 0 Å². The number of aromatic nitrogens is 1. The van der Waals surface area contributed by atoms with Crippen molar-refractivity contribution in [1.82, 2.24) is 26.1 Å². The molecule has 6 heteroatoms. The molecule has 118 valence electrons. The van der Waals surface area contributed by atoms with Crippen LogP contribution in [0.15, 0.2) is 24.5 Å². The number of nitrogens with one attached hydrogen (secondary N) is 3. The van der Waals surface area contributed by atoms with Gasteiger partial charge in [0.05, 0.1) is 0 Å². The molecule has 1 aromatic rings. The Balaban J connectivity index is 1.49. The first-order valence-electron chi connectivity index (χ1n) is 8.24. The number of hydrogen-bond donors (Lipinski definition) is 3. The number of rotatable bonds is 4. The number of nitrogens with zero attached hydrogens (tertiary/aromatic N) is 2. The molecule has 0 aromatic carbocycles. The molecular formula is C16H23N5O. The lowest BCUT2D eigenvalue weighted by atomic mass is 9.88. The Morgan fingerprint density at radius 3 is 3.00 bits per heavy atom. The van der Waals surface area contributed by atoms with Crippen LogP contribution in [-0.2, 0) is 11.3 Å². The van der Waals surface area contributed by atoms with E-state index in [0.29, 0.717) is 24.5 Å². The number of hydrogen-bond acceptors (Lipinski definition) is 5. The average Bonchev–Trinajstić information content (AvgIpc) is 3.31. The fourth-order valence-electron chi connectivity index (χ4n) is 3.60. The van der Waals surface area contributed by atoms with Gasteiger partial charge in [-0.2, -0.15) is 0 Å².